The standard InChI is InChI=1S/C18H29N3O2.ClH/c1-14(2)16-5-4-6-17(13-16)23-15(3)18(22)20-9-12-21-10-7-19-8-11-21;/h4-6,13-15,19H,7-12H2,1-3H3,(H,20,22);1H. The lowest BCUT2D eigenvalue weighted by atomic mass is 10.0. The monoisotopic (exact) mass is 355 g/mol. The first-order chi connectivity index (χ1) is 11.1. The molecule has 1 saturated heterocycles. The Bertz CT molecular complexity index is 505. The van der Waals surface area contributed by atoms with Crippen molar-refractivity contribution in [3.63, 3.8) is 0 Å². The van der Waals surface area contributed by atoms with Crippen LogP contribution in [0.25, 0.3) is 0 Å². The Morgan fingerprint density at radius 2 is 2.00 bits per heavy atom. The number of amides is 1. The van der Waals surface area contributed by atoms with Crippen LogP contribution >= 0.6 is 12.4 Å². The second kappa shape index (κ2) is 10.5. The Kier molecular flexibility index (Phi) is 9.11. The van der Waals surface area contributed by atoms with Gasteiger partial charge >= 0.3 is 0 Å². The highest BCUT2D eigenvalue weighted by Gasteiger charge is 2.15. The van der Waals surface area contributed by atoms with Gasteiger partial charge in [-0.15, -0.1) is 12.4 Å². The molecule has 1 aliphatic rings. The highest BCUT2D eigenvalue weighted by molar-refractivity contribution is 5.85. The van der Waals surface area contributed by atoms with Crippen LogP contribution in [0.2, 0.25) is 0 Å². The first kappa shape index (κ1) is 20.7. The number of benzene rings is 1. The summed E-state index contributed by atoms with van der Waals surface area (Å²) in [7, 11) is 0. The lowest BCUT2D eigenvalue weighted by Crippen LogP contribution is -2.47. The fraction of sp³-hybridized carbons (Fsp3) is 0.611. The zero-order chi connectivity index (χ0) is 16.7. The quantitative estimate of drug-likeness (QED) is 0.785. The lowest BCUT2D eigenvalue weighted by Gasteiger charge is -2.27. The molecule has 1 aromatic carbocycles. The van der Waals surface area contributed by atoms with Gasteiger partial charge < -0.3 is 15.4 Å². The van der Waals surface area contributed by atoms with Crippen LogP contribution in [-0.2, 0) is 4.79 Å². The lowest BCUT2D eigenvalue weighted by molar-refractivity contribution is -0.127. The summed E-state index contributed by atoms with van der Waals surface area (Å²) in [5.74, 6) is 1.14. The molecular weight excluding hydrogens is 326 g/mol. The SMILES string of the molecule is CC(Oc1cccc(C(C)C)c1)C(=O)NCCN1CCNCC1.Cl. The fourth-order valence-corrected chi connectivity index (χ4v) is 2.62. The summed E-state index contributed by atoms with van der Waals surface area (Å²) in [4.78, 5) is 14.5. The Balaban J connectivity index is 0.00000288. The van der Waals surface area contributed by atoms with E-state index in [1.54, 1.807) is 6.92 Å². The van der Waals surface area contributed by atoms with Gasteiger partial charge in [0, 0.05) is 39.3 Å². The van der Waals surface area contributed by atoms with Gasteiger partial charge in [0.05, 0.1) is 0 Å². The van der Waals surface area contributed by atoms with Gasteiger partial charge in [0.2, 0.25) is 0 Å². The molecule has 0 aromatic heterocycles. The van der Waals surface area contributed by atoms with E-state index in [4.69, 9.17) is 4.74 Å². The van der Waals surface area contributed by atoms with E-state index in [9.17, 15) is 4.79 Å². The summed E-state index contributed by atoms with van der Waals surface area (Å²) in [5.41, 5.74) is 1.22. The number of nitrogens with zero attached hydrogens (tertiary/aromatic N) is 1. The maximum Gasteiger partial charge on any atom is 0.260 e. The number of rotatable bonds is 7. The number of halogens is 1. The average molecular weight is 356 g/mol. The predicted molar refractivity (Wildman–Crippen MR) is 100 cm³/mol. The molecule has 1 aliphatic heterocycles. The van der Waals surface area contributed by atoms with Crippen LogP contribution in [-0.4, -0.2) is 56.2 Å². The van der Waals surface area contributed by atoms with Gasteiger partial charge in [0.25, 0.3) is 5.91 Å². The predicted octanol–water partition coefficient (Wildman–Crippen LogP) is 2.02. The molecule has 1 unspecified atom stereocenters. The number of carbonyl (C=O) groups excluding carboxylic acids is 1. The summed E-state index contributed by atoms with van der Waals surface area (Å²) < 4.78 is 5.77. The zero-order valence-corrected chi connectivity index (χ0v) is 15.7. The molecular formula is C18H30ClN3O2. The molecule has 1 aromatic rings. The second-order valence-corrected chi connectivity index (χ2v) is 6.37. The molecule has 2 N–H and O–H groups in total. The Labute approximate surface area is 151 Å². The molecule has 0 bridgehead atoms. The van der Waals surface area contributed by atoms with Crippen molar-refractivity contribution in [3.8, 4) is 5.75 Å². The average Bonchev–Trinajstić information content (AvgIpc) is 2.56. The largest absolute Gasteiger partial charge is 0.481 e. The summed E-state index contributed by atoms with van der Waals surface area (Å²) in [6, 6.07) is 7.96. The number of carbonyl (C=O) groups is 1. The summed E-state index contributed by atoms with van der Waals surface area (Å²) in [6.45, 7) is 11.8. The van der Waals surface area contributed by atoms with Crippen LogP contribution in [0, 0.1) is 0 Å². The van der Waals surface area contributed by atoms with Crippen molar-refractivity contribution in [1.29, 1.82) is 0 Å². The first-order valence-corrected chi connectivity index (χ1v) is 8.53. The van der Waals surface area contributed by atoms with Gasteiger partial charge in [-0.1, -0.05) is 26.0 Å². The van der Waals surface area contributed by atoms with E-state index < -0.39 is 6.10 Å². The second-order valence-electron chi connectivity index (χ2n) is 6.37. The van der Waals surface area contributed by atoms with E-state index in [1.165, 1.54) is 5.56 Å². The molecule has 0 spiro atoms. The molecule has 24 heavy (non-hydrogen) atoms. The van der Waals surface area contributed by atoms with Crippen molar-refractivity contribution in [1.82, 2.24) is 15.5 Å². The Hall–Kier alpha value is -1.30. The topological polar surface area (TPSA) is 53.6 Å². The van der Waals surface area contributed by atoms with Crippen LogP contribution in [0.4, 0.5) is 0 Å². The molecule has 136 valence electrons. The highest BCUT2D eigenvalue weighted by Crippen LogP contribution is 2.20. The van der Waals surface area contributed by atoms with E-state index in [1.807, 2.05) is 18.2 Å². The third-order valence-corrected chi connectivity index (χ3v) is 4.14. The van der Waals surface area contributed by atoms with Crippen molar-refractivity contribution < 1.29 is 9.53 Å². The third-order valence-electron chi connectivity index (χ3n) is 4.14. The van der Waals surface area contributed by atoms with E-state index >= 15 is 0 Å². The Morgan fingerprint density at radius 1 is 1.29 bits per heavy atom. The minimum Gasteiger partial charge on any atom is -0.481 e. The summed E-state index contributed by atoms with van der Waals surface area (Å²) in [5, 5.41) is 6.28. The molecule has 2 rings (SSSR count). The fourth-order valence-electron chi connectivity index (χ4n) is 2.62. The van der Waals surface area contributed by atoms with Gasteiger partial charge in [-0.2, -0.15) is 0 Å². The van der Waals surface area contributed by atoms with Gasteiger partial charge in [0.15, 0.2) is 6.10 Å². The first-order valence-electron chi connectivity index (χ1n) is 8.53. The number of ether oxygens (including phenoxy) is 1. The number of nitrogens with one attached hydrogen (secondary N) is 2. The van der Waals surface area contributed by atoms with Crippen molar-refractivity contribution in [2.75, 3.05) is 39.3 Å². The van der Waals surface area contributed by atoms with Crippen molar-refractivity contribution in [3.05, 3.63) is 29.8 Å². The van der Waals surface area contributed by atoms with Crippen LogP contribution in [0.5, 0.6) is 5.75 Å². The molecule has 1 atom stereocenters. The molecule has 1 amide bonds. The zero-order valence-electron chi connectivity index (χ0n) is 14.9. The Morgan fingerprint density at radius 3 is 2.67 bits per heavy atom. The van der Waals surface area contributed by atoms with Gasteiger partial charge in [-0.25, -0.2) is 0 Å². The van der Waals surface area contributed by atoms with Crippen LogP contribution in [0.1, 0.15) is 32.3 Å². The van der Waals surface area contributed by atoms with E-state index in [-0.39, 0.29) is 18.3 Å². The van der Waals surface area contributed by atoms with Crippen LogP contribution in [0.3, 0.4) is 0 Å². The van der Waals surface area contributed by atoms with Gasteiger partial charge in [-0.3, -0.25) is 9.69 Å². The third kappa shape index (κ3) is 6.67. The van der Waals surface area contributed by atoms with Crippen LogP contribution < -0.4 is 15.4 Å². The minimum absolute atomic E-state index is 0. The van der Waals surface area contributed by atoms with E-state index in [2.05, 4.69) is 35.4 Å². The van der Waals surface area contributed by atoms with Crippen molar-refractivity contribution in [2.45, 2.75) is 32.8 Å². The van der Waals surface area contributed by atoms with Gasteiger partial charge in [-0.05, 0) is 30.5 Å². The molecule has 1 heterocycles. The maximum absolute atomic E-state index is 12.1. The minimum atomic E-state index is -0.486. The molecule has 6 heteroatoms. The molecule has 5 nitrogen and oxygen atoms in total. The van der Waals surface area contributed by atoms with Crippen molar-refractivity contribution >= 4 is 18.3 Å². The van der Waals surface area contributed by atoms with Crippen LogP contribution in [0.15, 0.2) is 24.3 Å². The molecule has 0 saturated carbocycles. The number of piperazine rings is 1. The maximum atomic E-state index is 12.1. The molecule has 0 radical (unpaired) electrons. The number of hydrogen-bond acceptors (Lipinski definition) is 4. The van der Waals surface area contributed by atoms with E-state index in [0.717, 1.165) is 38.5 Å². The summed E-state index contributed by atoms with van der Waals surface area (Å²) >= 11 is 0. The highest BCUT2D eigenvalue weighted by atomic mass is 35.5. The van der Waals surface area contributed by atoms with E-state index in [0.29, 0.717) is 12.5 Å². The number of hydrogen-bond donors (Lipinski definition) is 2. The van der Waals surface area contributed by atoms with Gasteiger partial charge in [0.1, 0.15) is 5.75 Å². The smallest absolute Gasteiger partial charge is 0.260 e. The summed E-state index contributed by atoms with van der Waals surface area (Å²) in [6.07, 6.45) is -0.486. The molecule has 1 fully saturated rings. The molecule has 0 aliphatic carbocycles. The van der Waals surface area contributed by atoms with Crippen molar-refractivity contribution in [2.24, 2.45) is 0 Å². The normalized spacial score (nSPS) is 16.3.